The molecule has 6 nitrogen and oxygen atoms in total. The smallest absolute Gasteiger partial charge is 0.237 e. The molecule has 2 atom stereocenters. The SMILES string of the molecule is Cc1cc2ncc3c(n2n1)CC1CCC3N1C(=O)CN(C)C. The summed E-state index contributed by atoms with van der Waals surface area (Å²) < 4.78 is 1.98. The Hall–Kier alpha value is -1.95. The van der Waals surface area contributed by atoms with Crippen molar-refractivity contribution in [3.63, 3.8) is 0 Å². The van der Waals surface area contributed by atoms with Gasteiger partial charge in [0.15, 0.2) is 5.65 Å². The molecule has 2 unspecified atom stereocenters. The van der Waals surface area contributed by atoms with E-state index < -0.39 is 0 Å². The predicted octanol–water partition coefficient (Wildman–Crippen LogP) is 1.19. The minimum atomic E-state index is 0.169. The molecule has 2 aromatic heterocycles. The van der Waals surface area contributed by atoms with Crippen LogP contribution in [0.4, 0.5) is 0 Å². The summed E-state index contributed by atoms with van der Waals surface area (Å²) in [4.78, 5) is 21.2. The summed E-state index contributed by atoms with van der Waals surface area (Å²) in [6.45, 7) is 2.46. The molecule has 1 fully saturated rings. The summed E-state index contributed by atoms with van der Waals surface area (Å²) in [6.07, 6.45) is 4.93. The van der Waals surface area contributed by atoms with Crippen molar-refractivity contribution in [3.05, 3.63) is 29.2 Å². The molecule has 4 heterocycles. The molecular weight excluding hydrogens is 278 g/mol. The zero-order valence-electron chi connectivity index (χ0n) is 13.3. The van der Waals surface area contributed by atoms with Gasteiger partial charge in [-0.2, -0.15) is 5.10 Å². The van der Waals surface area contributed by atoms with Crippen LogP contribution < -0.4 is 0 Å². The second-order valence-electron chi connectivity index (χ2n) is 6.71. The van der Waals surface area contributed by atoms with E-state index in [2.05, 4.69) is 15.0 Å². The maximum Gasteiger partial charge on any atom is 0.237 e. The molecule has 0 aliphatic carbocycles. The second kappa shape index (κ2) is 4.78. The molecule has 2 aliphatic heterocycles. The van der Waals surface area contributed by atoms with Crippen LogP contribution in [0.15, 0.2) is 12.3 Å². The Balaban J connectivity index is 1.77. The number of carbonyl (C=O) groups excluding carboxylic acids is 1. The maximum atomic E-state index is 12.6. The first-order valence-corrected chi connectivity index (χ1v) is 7.84. The zero-order chi connectivity index (χ0) is 15.4. The highest BCUT2D eigenvalue weighted by Gasteiger charge is 2.43. The van der Waals surface area contributed by atoms with E-state index in [1.807, 2.05) is 42.7 Å². The molecule has 0 saturated carbocycles. The van der Waals surface area contributed by atoms with Gasteiger partial charge in [-0.25, -0.2) is 9.50 Å². The number of hydrogen-bond acceptors (Lipinski definition) is 4. The van der Waals surface area contributed by atoms with Gasteiger partial charge in [-0.05, 0) is 33.9 Å². The van der Waals surface area contributed by atoms with Gasteiger partial charge in [0.2, 0.25) is 5.91 Å². The van der Waals surface area contributed by atoms with Crippen LogP contribution in [0.2, 0.25) is 0 Å². The Morgan fingerprint density at radius 1 is 1.41 bits per heavy atom. The molecule has 116 valence electrons. The average molecular weight is 299 g/mol. The Labute approximate surface area is 129 Å². The highest BCUT2D eigenvalue weighted by atomic mass is 16.2. The van der Waals surface area contributed by atoms with Gasteiger partial charge in [-0.1, -0.05) is 0 Å². The number of rotatable bonds is 2. The molecule has 0 spiro atoms. The molecule has 1 saturated heterocycles. The van der Waals surface area contributed by atoms with Crippen molar-refractivity contribution in [1.29, 1.82) is 0 Å². The number of aryl methyl sites for hydroxylation is 1. The van der Waals surface area contributed by atoms with Gasteiger partial charge < -0.3 is 9.80 Å². The monoisotopic (exact) mass is 299 g/mol. The summed E-state index contributed by atoms with van der Waals surface area (Å²) in [6, 6.07) is 2.48. The first-order valence-electron chi connectivity index (χ1n) is 7.84. The van der Waals surface area contributed by atoms with Crippen LogP contribution in [-0.4, -0.2) is 57.0 Å². The van der Waals surface area contributed by atoms with Gasteiger partial charge in [-0.15, -0.1) is 0 Å². The fraction of sp³-hybridized carbons (Fsp3) is 0.562. The molecule has 2 bridgehead atoms. The molecule has 2 aromatic rings. The highest BCUT2D eigenvalue weighted by Crippen LogP contribution is 2.43. The van der Waals surface area contributed by atoms with E-state index in [1.165, 1.54) is 11.3 Å². The Bertz CT molecular complexity index is 750. The Morgan fingerprint density at radius 2 is 2.23 bits per heavy atom. The molecule has 0 aromatic carbocycles. The van der Waals surface area contributed by atoms with Gasteiger partial charge in [0.05, 0.1) is 24.0 Å². The van der Waals surface area contributed by atoms with Crippen molar-refractivity contribution in [3.8, 4) is 0 Å². The summed E-state index contributed by atoms with van der Waals surface area (Å²) in [7, 11) is 3.88. The summed E-state index contributed by atoms with van der Waals surface area (Å²) >= 11 is 0. The van der Waals surface area contributed by atoms with Crippen molar-refractivity contribution in [2.45, 2.75) is 38.3 Å². The standard InChI is InChI=1S/C16H21N5O/c1-10-6-15-17-8-12-13-5-4-11(7-14(12)21(15)18-10)20(13)16(22)9-19(2)3/h6,8,11,13H,4-5,7,9H2,1-3H3. The second-order valence-corrected chi connectivity index (χ2v) is 6.71. The lowest BCUT2D eigenvalue weighted by Gasteiger charge is -2.36. The molecule has 0 radical (unpaired) electrons. The van der Waals surface area contributed by atoms with Crippen LogP contribution in [-0.2, 0) is 11.2 Å². The summed E-state index contributed by atoms with van der Waals surface area (Å²) in [5.74, 6) is 0.222. The van der Waals surface area contributed by atoms with Crippen LogP contribution in [0, 0.1) is 6.92 Å². The average Bonchev–Trinajstić information content (AvgIpc) is 2.97. The highest BCUT2D eigenvalue weighted by molar-refractivity contribution is 5.80. The van der Waals surface area contributed by atoms with Crippen molar-refractivity contribution in [2.24, 2.45) is 0 Å². The topological polar surface area (TPSA) is 53.7 Å². The first kappa shape index (κ1) is 13.7. The quantitative estimate of drug-likeness (QED) is 0.836. The number of amides is 1. The molecule has 4 rings (SSSR count). The Kier molecular flexibility index (Phi) is 2.97. The lowest BCUT2D eigenvalue weighted by Crippen LogP contribution is -2.46. The molecule has 6 heteroatoms. The predicted molar refractivity (Wildman–Crippen MR) is 82.6 cm³/mol. The van der Waals surface area contributed by atoms with E-state index in [-0.39, 0.29) is 11.9 Å². The van der Waals surface area contributed by atoms with Crippen LogP contribution in [0.3, 0.4) is 0 Å². The fourth-order valence-electron chi connectivity index (χ4n) is 3.93. The molecular formula is C16H21N5O. The number of fused-ring (bicyclic) bond motifs is 6. The van der Waals surface area contributed by atoms with Gasteiger partial charge >= 0.3 is 0 Å². The van der Waals surface area contributed by atoms with Crippen molar-refractivity contribution < 1.29 is 4.79 Å². The van der Waals surface area contributed by atoms with Crippen LogP contribution in [0.1, 0.15) is 35.8 Å². The van der Waals surface area contributed by atoms with E-state index in [0.29, 0.717) is 12.6 Å². The van der Waals surface area contributed by atoms with E-state index in [4.69, 9.17) is 0 Å². The van der Waals surface area contributed by atoms with Gasteiger partial charge in [0.1, 0.15) is 0 Å². The van der Waals surface area contributed by atoms with Gasteiger partial charge in [0.25, 0.3) is 0 Å². The third-order valence-electron chi connectivity index (χ3n) is 4.77. The van der Waals surface area contributed by atoms with E-state index >= 15 is 0 Å². The van der Waals surface area contributed by atoms with Gasteiger partial charge in [-0.3, -0.25) is 4.79 Å². The maximum absolute atomic E-state index is 12.6. The number of likely N-dealkylation sites (N-methyl/N-ethyl adjacent to an activating group) is 1. The number of aromatic nitrogens is 3. The minimum Gasteiger partial charge on any atom is -0.331 e. The zero-order valence-corrected chi connectivity index (χ0v) is 13.3. The lowest BCUT2D eigenvalue weighted by atomic mass is 9.99. The van der Waals surface area contributed by atoms with Crippen LogP contribution >= 0.6 is 0 Å². The van der Waals surface area contributed by atoms with E-state index in [0.717, 1.165) is 30.6 Å². The normalized spacial score (nSPS) is 23.4. The fourth-order valence-corrected chi connectivity index (χ4v) is 3.93. The molecule has 22 heavy (non-hydrogen) atoms. The number of nitrogens with zero attached hydrogens (tertiary/aromatic N) is 5. The Morgan fingerprint density at radius 3 is 3.00 bits per heavy atom. The first-order chi connectivity index (χ1) is 10.5. The third-order valence-corrected chi connectivity index (χ3v) is 4.77. The largest absolute Gasteiger partial charge is 0.331 e. The van der Waals surface area contributed by atoms with E-state index in [1.54, 1.807) is 0 Å². The molecule has 0 N–H and O–H groups in total. The number of carbonyl (C=O) groups is 1. The summed E-state index contributed by atoms with van der Waals surface area (Å²) in [5, 5.41) is 4.58. The van der Waals surface area contributed by atoms with E-state index in [9.17, 15) is 4.79 Å². The lowest BCUT2D eigenvalue weighted by molar-refractivity contribution is -0.135. The summed E-state index contributed by atoms with van der Waals surface area (Å²) in [5.41, 5.74) is 4.30. The van der Waals surface area contributed by atoms with Crippen LogP contribution in [0.5, 0.6) is 0 Å². The van der Waals surface area contributed by atoms with Crippen molar-refractivity contribution in [1.82, 2.24) is 24.4 Å². The number of hydrogen-bond donors (Lipinski definition) is 0. The van der Waals surface area contributed by atoms with Crippen LogP contribution in [0.25, 0.3) is 5.65 Å². The van der Waals surface area contributed by atoms with Crippen molar-refractivity contribution in [2.75, 3.05) is 20.6 Å². The molecule has 1 amide bonds. The third kappa shape index (κ3) is 1.94. The minimum absolute atomic E-state index is 0.169. The van der Waals surface area contributed by atoms with Gasteiger partial charge in [0, 0.05) is 30.3 Å². The molecule has 2 aliphatic rings. The van der Waals surface area contributed by atoms with Crippen molar-refractivity contribution >= 4 is 11.6 Å².